The zero-order valence-electron chi connectivity index (χ0n) is 16.5. The highest BCUT2D eigenvalue weighted by molar-refractivity contribution is 5.81. The molecular weight excluding hydrogens is 340 g/mol. The van der Waals surface area contributed by atoms with Crippen LogP contribution in [0, 0.1) is 5.92 Å². The number of hydrogen-bond acceptors (Lipinski definition) is 4. The molecule has 6 heteroatoms. The number of amides is 1. The summed E-state index contributed by atoms with van der Waals surface area (Å²) >= 11 is 0. The number of H-pyrrole nitrogens is 1. The zero-order valence-corrected chi connectivity index (χ0v) is 16.5. The Labute approximate surface area is 160 Å². The number of carbonyl (C=O) groups is 1. The molecule has 0 radical (unpaired) electrons. The molecular formula is C21H30N4O2. The lowest BCUT2D eigenvalue weighted by molar-refractivity contribution is -0.127. The maximum absolute atomic E-state index is 12.8. The molecule has 0 saturated heterocycles. The molecule has 1 aliphatic rings. The fourth-order valence-electron chi connectivity index (χ4n) is 3.92. The Hall–Kier alpha value is -2.21. The summed E-state index contributed by atoms with van der Waals surface area (Å²) < 4.78 is 0. The average Bonchev–Trinajstić information content (AvgIpc) is 2.67. The summed E-state index contributed by atoms with van der Waals surface area (Å²) in [4.78, 5) is 34.5. The second-order valence-corrected chi connectivity index (χ2v) is 7.65. The number of carbonyl (C=O) groups excluding carboxylic acids is 1. The van der Waals surface area contributed by atoms with Gasteiger partial charge in [-0.1, -0.05) is 38.8 Å². The molecule has 0 aliphatic heterocycles. The Morgan fingerprint density at radius 2 is 2.07 bits per heavy atom. The molecule has 1 fully saturated rings. The number of para-hydroxylation sites is 1. The summed E-state index contributed by atoms with van der Waals surface area (Å²) in [5.74, 6) is 1.17. The van der Waals surface area contributed by atoms with Crippen LogP contribution in [0.15, 0.2) is 29.1 Å². The van der Waals surface area contributed by atoms with Gasteiger partial charge in [0, 0.05) is 6.04 Å². The normalized spacial score (nSPS) is 21.3. The first-order chi connectivity index (χ1) is 13.0. The van der Waals surface area contributed by atoms with E-state index in [0.29, 0.717) is 35.7 Å². The van der Waals surface area contributed by atoms with Gasteiger partial charge < -0.3 is 10.3 Å². The number of aromatic amines is 1. The molecule has 3 rings (SSSR count). The van der Waals surface area contributed by atoms with Gasteiger partial charge >= 0.3 is 0 Å². The van der Waals surface area contributed by atoms with Crippen LogP contribution in [-0.4, -0.2) is 39.4 Å². The van der Waals surface area contributed by atoms with Gasteiger partial charge in [-0.25, -0.2) is 4.98 Å². The van der Waals surface area contributed by atoms with Gasteiger partial charge in [-0.2, -0.15) is 0 Å². The van der Waals surface area contributed by atoms with Crippen molar-refractivity contribution < 1.29 is 4.79 Å². The highest BCUT2D eigenvalue weighted by atomic mass is 16.2. The SMILES string of the molecule is CCN(Cc1nc2ccccc2c(=O)[nH]1)C(C)C(=O)NC1CCCCC1C. The smallest absolute Gasteiger partial charge is 0.258 e. The third kappa shape index (κ3) is 4.56. The Morgan fingerprint density at radius 1 is 1.33 bits per heavy atom. The third-order valence-corrected chi connectivity index (χ3v) is 5.79. The highest BCUT2D eigenvalue weighted by Gasteiger charge is 2.27. The lowest BCUT2D eigenvalue weighted by atomic mass is 9.86. The Bertz CT molecular complexity index is 847. The highest BCUT2D eigenvalue weighted by Crippen LogP contribution is 2.24. The van der Waals surface area contributed by atoms with E-state index in [9.17, 15) is 9.59 Å². The second kappa shape index (κ2) is 8.65. The van der Waals surface area contributed by atoms with Crippen molar-refractivity contribution in [2.24, 2.45) is 5.92 Å². The Kier molecular flexibility index (Phi) is 6.26. The van der Waals surface area contributed by atoms with Crippen molar-refractivity contribution in [2.45, 2.75) is 65.1 Å². The Balaban J connectivity index is 1.70. The zero-order chi connectivity index (χ0) is 19.4. The van der Waals surface area contributed by atoms with E-state index < -0.39 is 0 Å². The lowest BCUT2D eigenvalue weighted by Crippen LogP contribution is -2.50. The largest absolute Gasteiger partial charge is 0.352 e. The number of likely N-dealkylation sites (N-methyl/N-ethyl adjacent to an activating group) is 1. The minimum atomic E-state index is -0.277. The average molecular weight is 370 g/mol. The number of hydrogen-bond donors (Lipinski definition) is 2. The molecule has 0 bridgehead atoms. The van der Waals surface area contributed by atoms with E-state index in [1.807, 2.05) is 36.9 Å². The molecule has 1 aliphatic carbocycles. The molecule has 3 unspecified atom stereocenters. The monoisotopic (exact) mass is 370 g/mol. The molecule has 146 valence electrons. The maximum atomic E-state index is 12.8. The molecule has 1 aromatic carbocycles. The molecule has 2 N–H and O–H groups in total. The van der Waals surface area contributed by atoms with Gasteiger partial charge in [0.15, 0.2) is 0 Å². The summed E-state index contributed by atoms with van der Waals surface area (Å²) in [5.41, 5.74) is 0.542. The fraction of sp³-hybridized carbons (Fsp3) is 0.571. The van der Waals surface area contributed by atoms with Crippen molar-refractivity contribution in [2.75, 3.05) is 6.54 Å². The number of nitrogens with one attached hydrogen (secondary N) is 2. The molecule has 1 aromatic heterocycles. The van der Waals surface area contributed by atoms with Gasteiger partial charge in [0.05, 0.1) is 23.5 Å². The van der Waals surface area contributed by atoms with Gasteiger partial charge in [0.1, 0.15) is 5.82 Å². The van der Waals surface area contributed by atoms with Gasteiger partial charge in [0.25, 0.3) is 5.56 Å². The minimum absolute atomic E-state index is 0.0544. The topological polar surface area (TPSA) is 78.1 Å². The first-order valence-corrected chi connectivity index (χ1v) is 10.0. The van der Waals surface area contributed by atoms with Crippen molar-refractivity contribution in [1.29, 1.82) is 0 Å². The van der Waals surface area contributed by atoms with Crippen molar-refractivity contribution in [1.82, 2.24) is 20.2 Å². The second-order valence-electron chi connectivity index (χ2n) is 7.65. The number of nitrogens with zero attached hydrogens (tertiary/aromatic N) is 2. The summed E-state index contributed by atoms with van der Waals surface area (Å²) in [6.07, 6.45) is 4.68. The van der Waals surface area contributed by atoms with Crippen LogP contribution in [0.5, 0.6) is 0 Å². The summed E-state index contributed by atoms with van der Waals surface area (Å²) in [6, 6.07) is 7.30. The van der Waals surface area contributed by atoms with Crippen molar-refractivity contribution >= 4 is 16.8 Å². The van der Waals surface area contributed by atoms with E-state index in [1.165, 1.54) is 19.3 Å². The third-order valence-electron chi connectivity index (χ3n) is 5.79. The number of rotatable bonds is 6. The molecule has 3 atom stereocenters. The first-order valence-electron chi connectivity index (χ1n) is 10.0. The van der Waals surface area contributed by atoms with Crippen LogP contribution in [-0.2, 0) is 11.3 Å². The van der Waals surface area contributed by atoms with Crippen molar-refractivity contribution in [3.05, 3.63) is 40.4 Å². The van der Waals surface area contributed by atoms with Crippen LogP contribution < -0.4 is 10.9 Å². The molecule has 6 nitrogen and oxygen atoms in total. The van der Waals surface area contributed by atoms with E-state index in [4.69, 9.17) is 0 Å². The number of fused-ring (bicyclic) bond motifs is 1. The fourth-order valence-corrected chi connectivity index (χ4v) is 3.92. The first kappa shape index (κ1) is 19.5. The van der Waals surface area contributed by atoms with E-state index in [-0.39, 0.29) is 23.6 Å². The van der Waals surface area contributed by atoms with Gasteiger partial charge in [0.2, 0.25) is 5.91 Å². The molecule has 2 aromatic rings. The predicted octanol–water partition coefficient (Wildman–Crippen LogP) is 2.83. The Morgan fingerprint density at radius 3 is 2.81 bits per heavy atom. The van der Waals surface area contributed by atoms with Crippen LogP contribution in [0.3, 0.4) is 0 Å². The van der Waals surface area contributed by atoms with E-state index in [1.54, 1.807) is 6.07 Å². The van der Waals surface area contributed by atoms with Gasteiger partial charge in [-0.05, 0) is 44.4 Å². The molecule has 0 spiro atoms. The van der Waals surface area contributed by atoms with Crippen LogP contribution in [0.1, 0.15) is 52.3 Å². The summed E-state index contributed by atoms with van der Waals surface area (Å²) in [5, 5.41) is 3.82. The van der Waals surface area contributed by atoms with Crippen molar-refractivity contribution in [3.63, 3.8) is 0 Å². The van der Waals surface area contributed by atoms with Crippen LogP contribution >= 0.6 is 0 Å². The van der Waals surface area contributed by atoms with Gasteiger partial charge in [-0.3, -0.25) is 14.5 Å². The molecule has 1 saturated carbocycles. The summed E-state index contributed by atoms with van der Waals surface area (Å²) in [7, 11) is 0. The van der Waals surface area contributed by atoms with Gasteiger partial charge in [-0.15, -0.1) is 0 Å². The van der Waals surface area contributed by atoms with Crippen molar-refractivity contribution in [3.8, 4) is 0 Å². The quantitative estimate of drug-likeness (QED) is 0.820. The predicted molar refractivity (Wildman–Crippen MR) is 107 cm³/mol. The molecule has 1 amide bonds. The van der Waals surface area contributed by atoms with E-state index in [0.717, 1.165) is 6.42 Å². The number of benzene rings is 1. The van der Waals surface area contributed by atoms with E-state index >= 15 is 0 Å². The standard InChI is InChI=1S/C21H30N4O2/c1-4-25(15(3)20(26)23-17-11-7-5-9-14(17)2)13-19-22-18-12-8-6-10-16(18)21(27)24-19/h6,8,10,12,14-15,17H,4-5,7,9,11,13H2,1-3H3,(H,23,26)(H,22,24,27). The van der Waals surface area contributed by atoms with Crippen LogP contribution in [0.4, 0.5) is 0 Å². The minimum Gasteiger partial charge on any atom is -0.352 e. The number of aromatic nitrogens is 2. The van der Waals surface area contributed by atoms with Crippen LogP contribution in [0.2, 0.25) is 0 Å². The molecule has 1 heterocycles. The maximum Gasteiger partial charge on any atom is 0.258 e. The van der Waals surface area contributed by atoms with E-state index in [2.05, 4.69) is 22.2 Å². The summed E-state index contributed by atoms with van der Waals surface area (Å²) in [6.45, 7) is 7.30. The molecule has 27 heavy (non-hydrogen) atoms. The lowest BCUT2D eigenvalue weighted by Gasteiger charge is -2.33. The van der Waals surface area contributed by atoms with Crippen LogP contribution in [0.25, 0.3) is 10.9 Å².